The van der Waals surface area contributed by atoms with Crippen LogP contribution in [0.15, 0.2) is 0 Å². The van der Waals surface area contributed by atoms with Crippen LogP contribution < -0.4 is 0 Å². The molecule has 6 heteroatoms. The third kappa shape index (κ3) is 3.09. The van der Waals surface area contributed by atoms with Gasteiger partial charge < -0.3 is 20.4 Å². The summed E-state index contributed by atoms with van der Waals surface area (Å²) in [5.41, 5.74) is -1.22. The van der Waals surface area contributed by atoms with Crippen LogP contribution in [0.1, 0.15) is 0 Å². The van der Waals surface area contributed by atoms with Gasteiger partial charge in [-0.15, -0.1) is 0 Å². The Bertz CT molecular complexity index is 81.3. The van der Waals surface area contributed by atoms with Gasteiger partial charge in [-0.2, -0.15) is 0 Å². The molecule has 3 atom stereocenters. The minimum atomic E-state index is -1.38. The molecular formula is C4H9O4S2. The van der Waals surface area contributed by atoms with Gasteiger partial charge in [0.05, 0.1) is 6.61 Å². The average Bonchev–Trinajstić information content (AvgIpc) is 2.00. The van der Waals surface area contributed by atoms with E-state index in [2.05, 4.69) is 11.7 Å². The lowest BCUT2D eigenvalue weighted by Crippen LogP contribution is -2.37. The third-order valence-corrected chi connectivity index (χ3v) is 2.04. The molecule has 0 aliphatic rings. The number of aliphatic hydroxyl groups excluding tert-OH is 4. The van der Waals surface area contributed by atoms with Gasteiger partial charge in [-0.1, -0.05) is 0 Å². The first kappa shape index (κ1) is 10.5. The van der Waals surface area contributed by atoms with Crippen LogP contribution in [0, 0.1) is 0 Å². The highest BCUT2D eigenvalue weighted by Gasteiger charge is 2.23. The highest BCUT2D eigenvalue weighted by atomic mass is 33.1. The average molecular weight is 185 g/mol. The van der Waals surface area contributed by atoms with Crippen LogP contribution in [0.4, 0.5) is 0 Å². The molecule has 0 aliphatic heterocycles. The summed E-state index contributed by atoms with van der Waals surface area (Å²) in [4.78, 5) is 0. The summed E-state index contributed by atoms with van der Waals surface area (Å²) in [5, 5.41) is 34.6. The van der Waals surface area contributed by atoms with E-state index in [1.165, 1.54) is 0 Å². The maximum Gasteiger partial charge on any atom is 0.138 e. The molecule has 0 aromatic rings. The largest absolute Gasteiger partial charge is 0.394 e. The molecule has 4 nitrogen and oxygen atoms in total. The Kier molecular flexibility index (Phi) is 5.51. The molecule has 1 unspecified atom stereocenters. The van der Waals surface area contributed by atoms with Gasteiger partial charge >= 0.3 is 0 Å². The monoisotopic (exact) mass is 185 g/mol. The van der Waals surface area contributed by atoms with Crippen LogP contribution in [-0.4, -0.2) is 44.7 Å². The number of hydrogen-bond donors (Lipinski definition) is 4. The summed E-state index contributed by atoms with van der Waals surface area (Å²) in [6.45, 7) is -0.589. The molecule has 0 aromatic carbocycles. The SMILES string of the molecule is OC[C@@H](O)[C@H](O)C(O)S[S]. The predicted molar refractivity (Wildman–Crippen MR) is 40.3 cm³/mol. The van der Waals surface area contributed by atoms with Gasteiger partial charge in [0.25, 0.3) is 0 Å². The van der Waals surface area contributed by atoms with Crippen molar-refractivity contribution >= 4 is 22.5 Å². The van der Waals surface area contributed by atoms with Gasteiger partial charge in [-0.25, -0.2) is 0 Å². The van der Waals surface area contributed by atoms with E-state index in [0.29, 0.717) is 10.8 Å². The van der Waals surface area contributed by atoms with Crippen LogP contribution >= 0.6 is 22.5 Å². The first-order chi connectivity index (χ1) is 4.63. The second-order valence-electron chi connectivity index (χ2n) is 1.73. The van der Waals surface area contributed by atoms with E-state index >= 15 is 0 Å². The Hall–Kier alpha value is 0.540. The molecule has 4 N–H and O–H groups in total. The molecule has 61 valence electrons. The van der Waals surface area contributed by atoms with Crippen molar-refractivity contribution in [2.24, 2.45) is 0 Å². The lowest BCUT2D eigenvalue weighted by atomic mass is 10.2. The van der Waals surface area contributed by atoms with Gasteiger partial charge in [0, 0.05) is 0 Å². The van der Waals surface area contributed by atoms with Crippen molar-refractivity contribution in [2.75, 3.05) is 6.61 Å². The fourth-order valence-corrected chi connectivity index (χ4v) is 0.992. The van der Waals surface area contributed by atoms with Crippen molar-refractivity contribution < 1.29 is 20.4 Å². The van der Waals surface area contributed by atoms with Crippen LogP contribution in [0.2, 0.25) is 0 Å². The molecule has 0 bridgehead atoms. The summed E-state index contributed by atoms with van der Waals surface area (Å²) in [7, 11) is 0.594. The van der Waals surface area contributed by atoms with E-state index in [4.69, 9.17) is 20.4 Å². The fourth-order valence-electron chi connectivity index (χ4n) is 0.355. The normalized spacial score (nSPS) is 20.1. The van der Waals surface area contributed by atoms with E-state index in [1.807, 2.05) is 0 Å². The van der Waals surface area contributed by atoms with E-state index in [9.17, 15) is 0 Å². The summed E-state index contributed by atoms with van der Waals surface area (Å²) >= 11 is 4.33. The molecule has 0 fully saturated rings. The van der Waals surface area contributed by atoms with Crippen molar-refractivity contribution in [3.63, 3.8) is 0 Å². The Labute approximate surface area is 67.7 Å². The molecule has 0 amide bonds. The zero-order valence-corrected chi connectivity index (χ0v) is 6.68. The first-order valence-electron chi connectivity index (χ1n) is 2.57. The Morgan fingerprint density at radius 1 is 1.30 bits per heavy atom. The molecule has 10 heavy (non-hydrogen) atoms. The van der Waals surface area contributed by atoms with Crippen LogP contribution in [-0.2, 0) is 0 Å². The predicted octanol–water partition coefficient (Wildman–Crippen LogP) is -1.14. The van der Waals surface area contributed by atoms with Gasteiger partial charge in [0.1, 0.15) is 17.6 Å². The maximum atomic E-state index is 8.84. The lowest BCUT2D eigenvalue weighted by molar-refractivity contribution is -0.0487. The zero-order chi connectivity index (χ0) is 8.15. The second kappa shape index (κ2) is 5.22. The molecule has 0 rings (SSSR count). The highest BCUT2D eigenvalue weighted by molar-refractivity contribution is 8.68. The summed E-state index contributed by atoms with van der Waals surface area (Å²) in [6, 6.07) is 0. The van der Waals surface area contributed by atoms with Gasteiger partial charge in [-0.05, 0) is 22.5 Å². The van der Waals surface area contributed by atoms with Gasteiger partial charge in [0.15, 0.2) is 0 Å². The van der Waals surface area contributed by atoms with Crippen LogP contribution in [0.5, 0.6) is 0 Å². The minimum absolute atomic E-state index is 0.589. The van der Waals surface area contributed by atoms with E-state index < -0.39 is 24.3 Å². The quantitative estimate of drug-likeness (QED) is 0.329. The van der Waals surface area contributed by atoms with Gasteiger partial charge in [-0.3, -0.25) is 0 Å². The molecule has 0 spiro atoms. The fraction of sp³-hybridized carbons (Fsp3) is 1.00. The van der Waals surface area contributed by atoms with Crippen LogP contribution in [0.25, 0.3) is 0 Å². The zero-order valence-electron chi connectivity index (χ0n) is 5.04. The standard InChI is InChI=1S/C4H9O4S2/c5-1-2(6)3(7)4(8)10-9/h2-8H,1H2/t2-,3+,4?/m1/s1. The number of aliphatic hydroxyl groups is 4. The number of rotatable bonds is 4. The molecule has 0 saturated heterocycles. The summed E-state index contributed by atoms with van der Waals surface area (Å²) < 4.78 is 0. The van der Waals surface area contributed by atoms with Crippen LogP contribution in [0.3, 0.4) is 0 Å². The summed E-state index contributed by atoms with van der Waals surface area (Å²) in [6.07, 6.45) is -2.71. The van der Waals surface area contributed by atoms with Crippen molar-refractivity contribution in [3.05, 3.63) is 0 Å². The Morgan fingerprint density at radius 2 is 1.80 bits per heavy atom. The van der Waals surface area contributed by atoms with E-state index in [0.717, 1.165) is 0 Å². The minimum Gasteiger partial charge on any atom is -0.394 e. The van der Waals surface area contributed by atoms with Crippen molar-refractivity contribution in [1.82, 2.24) is 0 Å². The van der Waals surface area contributed by atoms with Crippen molar-refractivity contribution in [2.45, 2.75) is 17.6 Å². The van der Waals surface area contributed by atoms with Crippen molar-refractivity contribution in [3.8, 4) is 0 Å². The first-order valence-corrected chi connectivity index (χ1v) is 4.37. The molecule has 0 aliphatic carbocycles. The maximum absolute atomic E-state index is 8.84. The van der Waals surface area contributed by atoms with E-state index in [-0.39, 0.29) is 0 Å². The molecule has 0 aromatic heterocycles. The van der Waals surface area contributed by atoms with Gasteiger partial charge in [0.2, 0.25) is 0 Å². The summed E-state index contributed by atoms with van der Waals surface area (Å²) in [5.74, 6) is 0. The van der Waals surface area contributed by atoms with E-state index in [1.54, 1.807) is 0 Å². The Morgan fingerprint density at radius 3 is 2.10 bits per heavy atom. The second-order valence-corrected chi connectivity index (χ2v) is 2.98. The third-order valence-electron chi connectivity index (χ3n) is 0.972. The highest BCUT2D eigenvalue weighted by Crippen LogP contribution is 2.17. The number of hydrogen-bond acceptors (Lipinski definition) is 5. The topological polar surface area (TPSA) is 80.9 Å². The van der Waals surface area contributed by atoms with Crippen molar-refractivity contribution in [1.29, 1.82) is 0 Å². The lowest BCUT2D eigenvalue weighted by Gasteiger charge is -2.18. The molecule has 0 saturated carbocycles. The Balaban J connectivity index is 3.69. The molecule has 1 radical (unpaired) electrons. The smallest absolute Gasteiger partial charge is 0.138 e. The molecular weight excluding hydrogens is 176 g/mol. The molecule has 0 heterocycles.